The third kappa shape index (κ3) is 3.69. The highest BCUT2D eigenvalue weighted by atomic mass is 35.5. The van der Waals surface area contributed by atoms with E-state index in [0.717, 1.165) is 16.9 Å². The second-order valence-electron chi connectivity index (χ2n) is 5.19. The Morgan fingerprint density at radius 3 is 2.74 bits per heavy atom. The van der Waals surface area contributed by atoms with E-state index in [1.165, 1.54) is 0 Å². The molecule has 2 aromatic heterocycles. The van der Waals surface area contributed by atoms with E-state index in [1.807, 2.05) is 0 Å². The van der Waals surface area contributed by atoms with Gasteiger partial charge in [-0.05, 0) is 19.1 Å². The Morgan fingerprint density at radius 1 is 1.33 bits per heavy atom. The number of halogens is 2. The van der Waals surface area contributed by atoms with Crippen molar-refractivity contribution >= 4 is 56.4 Å². The number of hydrogen-bond acceptors (Lipinski definition) is 7. The van der Waals surface area contributed by atoms with Gasteiger partial charge in [-0.15, -0.1) is 0 Å². The van der Waals surface area contributed by atoms with Gasteiger partial charge in [-0.25, -0.2) is 9.78 Å². The minimum atomic E-state index is -4.57. The van der Waals surface area contributed by atoms with E-state index >= 15 is 0 Å². The molecule has 0 atom stereocenters. The quantitative estimate of drug-likeness (QED) is 0.467. The van der Waals surface area contributed by atoms with Crippen molar-refractivity contribution in [2.75, 3.05) is 11.9 Å². The zero-order valence-electron chi connectivity index (χ0n) is 13.7. The summed E-state index contributed by atoms with van der Waals surface area (Å²) in [5.41, 5.74) is 0.127. The lowest BCUT2D eigenvalue weighted by Crippen LogP contribution is -2.13. The van der Waals surface area contributed by atoms with Gasteiger partial charge in [0.1, 0.15) is 5.56 Å². The molecule has 0 saturated heterocycles. The van der Waals surface area contributed by atoms with Crippen molar-refractivity contribution < 1.29 is 22.5 Å². The standard InChI is InChI=1S/C15H12Cl2N4O5S/c1-2-26-15(22)8-6-18-14-11(27(23,24)25)7-19-21(14)13(8)20-10-5-3-4-9(16)12(10)17/h3-7,20H,2H2,1H3,(H,23,24,25). The molecule has 0 bridgehead atoms. The maximum Gasteiger partial charge on any atom is 0.343 e. The zero-order valence-corrected chi connectivity index (χ0v) is 16.0. The summed E-state index contributed by atoms with van der Waals surface area (Å²) in [5.74, 6) is -0.672. The molecule has 142 valence electrons. The van der Waals surface area contributed by atoms with Crippen LogP contribution in [0, 0.1) is 0 Å². The molecule has 0 aliphatic carbocycles. The number of carbonyl (C=O) groups is 1. The van der Waals surface area contributed by atoms with Crippen LogP contribution in [0.5, 0.6) is 0 Å². The van der Waals surface area contributed by atoms with E-state index < -0.39 is 21.0 Å². The summed E-state index contributed by atoms with van der Waals surface area (Å²) in [6, 6.07) is 4.81. The molecule has 3 rings (SSSR count). The molecule has 1 aromatic carbocycles. The van der Waals surface area contributed by atoms with Crippen LogP contribution in [0.4, 0.5) is 11.5 Å². The molecule has 9 nitrogen and oxygen atoms in total. The number of esters is 1. The lowest BCUT2D eigenvalue weighted by atomic mass is 10.2. The van der Waals surface area contributed by atoms with Crippen LogP contribution in [0.1, 0.15) is 17.3 Å². The lowest BCUT2D eigenvalue weighted by molar-refractivity contribution is 0.0526. The number of anilines is 2. The van der Waals surface area contributed by atoms with Crippen molar-refractivity contribution in [1.29, 1.82) is 0 Å². The molecular weight excluding hydrogens is 419 g/mol. The third-order valence-corrected chi connectivity index (χ3v) is 5.13. The van der Waals surface area contributed by atoms with Crippen molar-refractivity contribution in [2.24, 2.45) is 0 Å². The summed E-state index contributed by atoms with van der Waals surface area (Å²) in [6.07, 6.45) is 2.03. The molecule has 0 aliphatic rings. The summed E-state index contributed by atoms with van der Waals surface area (Å²) in [4.78, 5) is 15.7. The number of hydrogen-bond donors (Lipinski definition) is 2. The topological polar surface area (TPSA) is 123 Å². The van der Waals surface area contributed by atoms with Gasteiger partial charge < -0.3 is 10.1 Å². The number of fused-ring (bicyclic) bond motifs is 1. The first kappa shape index (κ1) is 19.4. The minimum Gasteiger partial charge on any atom is -0.462 e. The summed E-state index contributed by atoms with van der Waals surface area (Å²) in [7, 11) is -4.57. The predicted octanol–water partition coefficient (Wildman–Crippen LogP) is 3.20. The number of nitrogens with one attached hydrogen (secondary N) is 1. The molecule has 3 aromatic rings. The average Bonchev–Trinajstić information content (AvgIpc) is 3.04. The van der Waals surface area contributed by atoms with Crippen LogP contribution in [-0.4, -0.2) is 40.1 Å². The zero-order chi connectivity index (χ0) is 19.8. The number of benzene rings is 1. The van der Waals surface area contributed by atoms with Crippen molar-refractivity contribution in [3.05, 3.63) is 46.2 Å². The molecule has 2 N–H and O–H groups in total. The second-order valence-corrected chi connectivity index (χ2v) is 7.36. The van der Waals surface area contributed by atoms with Crippen molar-refractivity contribution in [2.45, 2.75) is 11.8 Å². The van der Waals surface area contributed by atoms with Gasteiger partial charge in [0.25, 0.3) is 10.1 Å². The highest BCUT2D eigenvalue weighted by molar-refractivity contribution is 7.86. The fourth-order valence-electron chi connectivity index (χ4n) is 2.30. The third-order valence-electron chi connectivity index (χ3n) is 3.47. The molecule has 0 radical (unpaired) electrons. The molecule has 2 heterocycles. The Kier molecular flexibility index (Phi) is 5.24. The first-order valence-electron chi connectivity index (χ1n) is 7.46. The lowest BCUT2D eigenvalue weighted by Gasteiger charge is -2.14. The number of rotatable bonds is 5. The normalized spacial score (nSPS) is 11.6. The fraction of sp³-hybridized carbons (Fsp3) is 0.133. The Balaban J connectivity index is 2.25. The van der Waals surface area contributed by atoms with Gasteiger partial charge in [0.15, 0.2) is 16.4 Å². The molecule has 0 unspecified atom stereocenters. The van der Waals surface area contributed by atoms with Crippen LogP contribution >= 0.6 is 23.2 Å². The molecule has 0 amide bonds. The number of aromatic nitrogens is 3. The Labute approximate surface area is 163 Å². The SMILES string of the molecule is CCOC(=O)c1cnc2c(S(=O)(=O)O)cnn2c1Nc1cccc(Cl)c1Cl. The van der Waals surface area contributed by atoms with Crippen molar-refractivity contribution in [1.82, 2.24) is 14.6 Å². The first-order valence-corrected chi connectivity index (χ1v) is 9.66. The maximum absolute atomic E-state index is 12.3. The number of ether oxygens (including phenoxy) is 1. The average molecular weight is 431 g/mol. The molecule has 12 heteroatoms. The van der Waals surface area contributed by atoms with Gasteiger partial charge in [-0.3, -0.25) is 4.55 Å². The highest BCUT2D eigenvalue weighted by Gasteiger charge is 2.24. The molecule has 27 heavy (non-hydrogen) atoms. The first-order chi connectivity index (χ1) is 12.7. The van der Waals surface area contributed by atoms with Gasteiger partial charge in [-0.2, -0.15) is 18.0 Å². The van der Waals surface area contributed by atoms with Crippen LogP contribution in [0.2, 0.25) is 10.0 Å². The fourth-order valence-corrected chi connectivity index (χ4v) is 3.20. The van der Waals surface area contributed by atoms with E-state index in [4.69, 9.17) is 27.9 Å². The Hall–Kier alpha value is -2.40. The smallest absolute Gasteiger partial charge is 0.343 e. The van der Waals surface area contributed by atoms with Gasteiger partial charge in [0.05, 0.1) is 28.5 Å². The van der Waals surface area contributed by atoms with Crippen LogP contribution in [-0.2, 0) is 14.9 Å². The van der Waals surface area contributed by atoms with Crippen LogP contribution in [0.25, 0.3) is 5.65 Å². The van der Waals surface area contributed by atoms with Gasteiger partial charge >= 0.3 is 5.97 Å². The maximum atomic E-state index is 12.3. The summed E-state index contributed by atoms with van der Waals surface area (Å²) < 4.78 is 38.4. The van der Waals surface area contributed by atoms with Crippen molar-refractivity contribution in [3.8, 4) is 0 Å². The largest absolute Gasteiger partial charge is 0.462 e. The molecular formula is C15H12Cl2N4O5S. The molecule has 0 aliphatic heterocycles. The van der Waals surface area contributed by atoms with Crippen LogP contribution in [0.3, 0.4) is 0 Å². The van der Waals surface area contributed by atoms with Gasteiger partial charge in [0, 0.05) is 6.20 Å². The van der Waals surface area contributed by atoms with E-state index in [9.17, 15) is 17.8 Å². The highest BCUT2D eigenvalue weighted by Crippen LogP contribution is 2.33. The molecule has 0 spiro atoms. The second kappa shape index (κ2) is 7.31. The number of nitrogens with zero attached hydrogens (tertiary/aromatic N) is 3. The predicted molar refractivity (Wildman–Crippen MR) is 98.5 cm³/mol. The monoisotopic (exact) mass is 430 g/mol. The van der Waals surface area contributed by atoms with E-state index in [1.54, 1.807) is 25.1 Å². The van der Waals surface area contributed by atoms with Crippen LogP contribution < -0.4 is 5.32 Å². The van der Waals surface area contributed by atoms with E-state index in [2.05, 4.69) is 15.4 Å². The molecule has 0 fully saturated rings. The van der Waals surface area contributed by atoms with E-state index in [-0.39, 0.29) is 33.7 Å². The van der Waals surface area contributed by atoms with Gasteiger partial charge in [0.2, 0.25) is 0 Å². The Bertz CT molecular complexity index is 1150. The van der Waals surface area contributed by atoms with Gasteiger partial charge in [-0.1, -0.05) is 29.3 Å². The van der Waals surface area contributed by atoms with Crippen LogP contribution in [0.15, 0.2) is 35.5 Å². The molecule has 0 saturated carbocycles. The van der Waals surface area contributed by atoms with E-state index in [0.29, 0.717) is 5.69 Å². The minimum absolute atomic E-state index is 0.0228. The number of carbonyl (C=O) groups excluding carboxylic acids is 1. The Morgan fingerprint density at radius 2 is 2.07 bits per heavy atom. The summed E-state index contributed by atoms with van der Waals surface area (Å²) >= 11 is 12.2. The summed E-state index contributed by atoms with van der Waals surface area (Å²) in [6.45, 7) is 1.75. The summed E-state index contributed by atoms with van der Waals surface area (Å²) in [5, 5.41) is 7.25. The van der Waals surface area contributed by atoms with Crippen molar-refractivity contribution in [3.63, 3.8) is 0 Å².